The number of methoxy groups -OCH3 is 1. The predicted octanol–water partition coefficient (Wildman–Crippen LogP) is 4.96. The molecule has 0 spiro atoms. The molecule has 0 saturated heterocycles. The molecule has 0 aliphatic carbocycles. The van der Waals surface area contributed by atoms with Gasteiger partial charge in [-0.25, -0.2) is 10.2 Å². The molecule has 0 aliphatic heterocycles. The fourth-order valence-electron chi connectivity index (χ4n) is 2.62. The van der Waals surface area contributed by atoms with Crippen molar-refractivity contribution in [1.29, 1.82) is 0 Å². The lowest BCUT2D eigenvalue weighted by Crippen LogP contribution is -2.32. The second kappa shape index (κ2) is 11.5. The van der Waals surface area contributed by atoms with E-state index < -0.39 is 17.8 Å². The summed E-state index contributed by atoms with van der Waals surface area (Å²) in [6, 6.07) is 15.5. The molecule has 3 aromatic rings. The minimum Gasteiger partial charge on any atom is -0.493 e. The van der Waals surface area contributed by atoms with E-state index in [0.717, 1.165) is 0 Å². The normalized spacial score (nSPS) is 10.6. The molecule has 0 saturated carbocycles. The molecule has 0 aromatic heterocycles. The average molecular weight is 521 g/mol. The molecule has 0 fully saturated rings. The number of hydrazone groups is 1. The number of hydrogen-bond acceptors (Lipinski definition) is 6. The second-order valence-corrected chi connectivity index (χ2v) is 7.79. The maximum atomic E-state index is 12.3. The average Bonchev–Trinajstić information content (AvgIpc) is 2.82. The van der Waals surface area contributed by atoms with E-state index in [1.54, 1.807) is 36.4 Å². The van der Waals surface area contributed by atoms with Crippen molar-refractivity contribution in [2.24, 2.45) is 5.10 Å². The van der Waals surface area contributed by atoms with Gasteiger partial charge in [-0.3, -0.25) is 9.59 Å². The lowest BCUT2D eigenvalue weighted by molar-refractivity contribution is -0.136. The number of halogens is 3. The summed E-state index contributed by atoms with van der Waals surface area (Å²) >= 11 is 17.8. The zero-order valence-electron chi connectivity index (χ0n) is 17.5. The maximum absolute atomic E-state index is 12.3. The van der Waals surface area contributed by atoms with Crippen LogP contribution in [0.4, 0.5) is 5.69 Å². The highest BCUT2D eigenvalue weighted by atomic mass is 35.5. The zero-order valence-corrected chi connectivity index (χ0v) is 19.7. The zero-order chi connectivity index (χ0) is 24.7. The van der Waals surface area contributed by atoms with Gasteiger partial charge in [-0.15, -0.1) is 0 Å². The fourth-order valence-corrected chi connectivity index (χ4v) is 3.16. The van der Waals surface area contributed by atoms with E-state index in [1.807, 2.05) is 0 Å². The van der Waals surface area contributed by atoms with Crippen LogP contribution in [-0.2, 0) is 9.59 Å². The number of carbonyl (C=O) groups excluding carboxylic acids is 3. The molecule has 34 heavy (non-hydrogen) atoms. The Morgan fingerprint density at radius 3 is 2.41 bits per heavy atom. The number of nitrogens with zero attached hydrogens (tertiary/aromatic N) is 1. The lowest BCUT2D eigenvalue weighted by Gasteiger charge is -2.10. The van der Waals surface area contributed by atoms with Crippen molar-refractivity contribution in [1.82, 2.24) is 5.43 Å². The molecule has 174 valence electrons. The number of nitrogens with one attached hydrogen (secondary N) is 2. The molecule has 0 bridgehead atoms. The van der Waals surface area contributed by atoms with Crippen molar-refractivity contribution < 1.29 is 23.9 Å². The Balaban J connectivity index is 1.62. The van der Waals surface area contributed by atoms with Gasteiger partial charge in [-0.2, -0.15) is 5.10 Å². The molecule has 8 nitrogen and oxygen atoms in total. The number of ether oxygens (including phenoxy) is 2. The number of hydrogen-bond donors (Lipinski definition) is 2. The van der Waals surface area contributed by atoms with Crippen molar-refractivity contribution in [2.75, 3.05) is 12.4 Å². The SMILES string of the molecule is COc1cc(/C=N/NC(=O)C(=O)Nc2cccc(Cl)c2Cl)ccc1OC(=O)c1cccc(Cl)c1. The summed E-state index contributed by atoms with van der Waals surface area (Å²) in [5, 5.41) is 6.83. The van der Waals surface area contributed by atoms with Gasteiger partial charge in [0.2, 0.25) is 0 Å². The molecule has 3 rings (SSSR count). The van der Waals surface area contributed by atoms with Crippen molar-refractivity contribution in [3.8, 4) is 11.5 Å². The Morgan fingerprint density at radius 1 is 0.912 bits per heavy atom. The molecule has 0 unspecified atom stereocenters. The van der Waals surface area contributed by atoms with Crippen LogP contribution in [0.3, 0.4) is 0 Å². The van der Waals surface area contributed by atoms with Gasteiger partial charge in [0.25, 0.3) is 0 Å². The third-order valence-corrected chi connectivity index (χ3v) is 5.29. The van der Waals surface area contributed by atoms with Gasteiger partial charge < -0.3 is 14.8 Å². The highest BCUT2D eigenvalue weighted by molar-refractivity contribution is 6.45. The van der Waals surface area contributed by atoms with Crippen molar-refractivity contribution in [2.45, 2.75) is 0 Å². The van der Waals surface area contributed by atoms with Crippen LogP contribution in [0.15, 0.2) is 65.8 Å². The summed E-state index contributed by atoms with van der Waals surface area (Å²) in [7, 11) is 1.40. The van der Waals surface area contributed by atoms with Gasteiger partial charge in [0.15, 0.2) is 11.5 Å². The molecule has 2 N–H and O–H groups in total. The van der Waals surface area contributed by atoms with E-state index in [0.29, 0.717) is 10.6 Å². The van der Waals surface area contributed by atoms with Gasteiger partial charge in [0.1, 0.15) is 0 Å². The number of carbonyl (C=O) groups is 3. The first-order valence-electron chi connectivity index (χ1n) is 9.52. The Morgan fingerprint density at radius 2 is 1.68 bits per heavy atom. The first kappa shape index (κ1) is 25.0. The van der Waals surface area contributed by atoms with Gasteiger partial charge >= 0.3 is 17.8 Å². The highest BCUT2D eigenvalue weighted by Crippen LogP contribution is 2.30. The number of benzene rings is 3. The first-order valence-corrected chi connectivity index (χ1v) is 10.7. The van der Waals surface area contributed by atoms with Crippen molar-refractivity contribution >= 4 is 64.5 Å². The van der Waals surface area contributed by atoms with E-state index in [9.17, 15) is 14.4 Å². The number of rotatable bonds is 6. The van der Waals surface area contributed by atoms with Crippen molar-refractivity contribution in [3.05, 3.63) is 86.9 Å². The summed E-state index contributed by atoms with van der Waals surface area (Å²) in [4.78, 5) is 36.4. The monoisotopic (exact) mass is 519 g/mol. The van der Waals surface area contributed by atoms with Crippen LogP contribution in [0.2, 0.25) is 15.1 Å². The molecule has 0 atom stereocenters. The van der Waals surface area contributed by atoms with Crippen LogP contribution in [-0.4, -0.2) is 31.1 Å². The van der Waals surface area contributed by atoms with Crippen LogP contribution in [0.5, 0.6) is 11.5 Å². The summed E-state index contributed by atoms with van der Waals surface area (Å²) < 4.78 is 10.6. The highest BCUT2D eigenvalue weighted by Gasteiger charge is 2.16. The number of esters is 1. The molecular formula is C23H16Cl3N3O5. The van der Waals surface area contributed by atoms with Crippen LogP contribution >= 0.6 is 34.8 Å². The van der Waals surface area contributed by atoms with Crippen LogP contribution < -0.4 is 20.2 Å². The Kier molecular flexibility index (Phi) is 8.48. The van der Waals surface area contributed by atoms with E-state index in [1.165, 1.54) is 37.6 Å². The third-order valence-electron chi connectivity index (χ3n) is 4.24. The quantitative estimate of drug-likeness (QED) is 0.157. The second-order valence-electron chi connectivity index (χ2n) is 6.56. The van der Waals surface area contributed by atoms with E-state index in [2.05, 4.69) is 15.8 Å². The Hall–Kier alpha value is -3.59. The van der Waals surface area contributed by atoms with E-state index in [-0.39, 0.29) is 32.8 Å². The summed E-state index contributed by atoms with van der Waals surface area (Å²) in [6.45, 7) is 0. The Labute approximate surface area is 209 Å². The van der Waals surface area contributed by atoms with Gasteiger partial charge in [0, 0.05) is 5.02 Å². The van der Waals surface area contributed by atoms with E-state index in [4.69, 9.17) is 44.3 Å². The third kappa shape index (κ3) is 6.48. The van der Waals surface area contributed by atoms with Crippen molar-refractivity contribution in [3.63, 3.8) is 0 Å². The molecule has 2 amide bonds. The summed E-state index contributed by atoms with van der Waals surface area (Å²) in [5.74, 6) is -2.20. The largest absolute Gasteiger partial charge is 0.493 e. The molecular weight excluding hydrogens is 505 g/mol. The minimum absolute atomic E-state index is 0.108. The summed E-state index contributed by atoms with van der Waals surface area (Å²) in [5.41, 5.74) is 3.06. The van der Waals surface area contributed by atoms with Gasteiger partial charge in [-0.05, 0) is 54.1 Å². The van der Waals surface area contributed by atoms with Gasteiger partial charge in [0.05, 0.1) is 34.6 Å². The smallest absolute Gasteiger partial charge is 0.343 e. The lowest BCUT2D eigenvalue weighted by atomic mass is 10.2. The maximum Gasteiger partial charge on any atom is 0.343 e. The molecule has 0 radical (unpaired) electrons. The molecule has 0 heterocycles. The number of anilines is 1. The molecule has 3 aromatic carbocycles. The minimum atomic E-state index is -1.02. The van der Waals surface area contributed by atoms with E-state index >= 15 is 0 Å². The molecule has 0 aliphatic rings. The predicted molar refractivity (Wildman–Crippen MR) is 130 cm³/mol. The molecule has 11 heteroatoms. The number of amides is 2. The van der Waals surface area contributed by atoms with Crippen LogP contribution in [0, 0.1) is 0 Å². The first-order chi connectivity index (χ1) is 16.3. The van der Waals surface area contributed by atoms with Gasteiger partial charge in [-0.1, -0.05) is 46.9 Å². The summed E-state index contributed by atoms with van der Waals surface area (Å²) in [6.07, 6.45) is 1.28. The Bertz CT molecular complexity index is 1280. The fraction of sp³-hybridized carbons (Fsp3) is 0.0435. The van der Waals surface area contributed by atoms with Crippen LogP contribution in [0.25, 0.3) is 0 Å². The standard InChI is InChI=1S/C23H16Cl3N3O5/c1-33-19-10-13(8-9-18(19)34-23(32)14-4-2-5-15(24)11-14)12-27-29-22(31)21(30)28-17-7-3-6-16(25)20(17)26/h2-12H,1H3,(H,28,30)(H,29,31)/b27-12+. The topological polar surface area (TPSA) is 106 Å². The van der Waals surface area contributed by atoms with Crippen LogP contribution in [0.1, 0.15) is 15.9 Å².